The summed E-state index contributed by atoms with van der Waals surface area (Å²) in [5.74, 6) is 1.07. The first-order chi connectivity index (χ1) is 14.1. The van der Waals surface area contributed by atoms with E-state index in [0.717, 1.165) is 12.1 Å². The Morgan fingerprint density at radius 2 is 1.52 bits per heavy atom. The molecule has 0 amide bonds. The zero-order valence-corrected chi connectivity index (χ0v) is 17.8. The highest BCUT2D eigenvalue weighted by atomic mass is 35.5. The van der Waals surface area contributed by atoms with E-state index >= 15 is 0 Å². The van der Waals surface area contributed by atoms with Crippen molar-refractivity contribution in [3.8, 4) is 11.4 Å². The van der Waals surface area contributed by atoms with Gasteiger partial charge in [-0.1, -0.05) is 60.1 Å². The number of halogens is 2. The van der Waals surface area contributed by atoms with Crippen LogP contribution in [0.15, 0.2) is 70.9 Å². The van der Waals surface area contributed by atoms with Crippen molar-refractivity contribution in [1.82, 2.24) is 14.9 Å². The van der Waals surface area contributed by atoms with E-state index in [-0.39, 0.29) is 11.2 Å². The molecule has 0 saturated heterocycles. The molecule has 8 heteroatoms. The summed E-state index contributed by atoms with van der Waals surface area (Å²) in [6, 6.07) is 19.4. The van der Waals surface area contributed by atoms with Gasteiger partial charge in [0.1, 0.15) is 0 Å². The fourth-order valence-electron chi connectivity index (χ4n) is 2.58. The molecule has 0 aliphatic heterocycles. The second-order valence-corrected chi connectivity index (χ2v) is 7.20. The van der Waals surface area contributed by atoms with Crippen molar-refractivity contribution in [3.05, 3.63) is 65.8 Å². The molecule has 2 aromatic carbocycles. The van der Waals surface area contributed by atoms with Gasteiger partial charge in [-0.15, -0.1) is 16.7 Å². The third-order valence-electron chi connectivity index (χ3n) is 4.14. The summed E-state index contributed by atoms with van der Waals surface area (Å²) in [5.41, 5.74) is 1.98. The van der Waals surface area contributed by atoms with E-state index in [9.17, 15) is 0 Å². The molecule has 0 unspecified atom stereocenters. The Morgan fingerprint density at radius 3 is 2.14 bits per heavy atom. The predicted octanol–water partition coefficient (Wildman–Crippen LogP) is 5.78. The normalized spacial score (nSPS) is 11.3. The maximum atomic E-state index is 6.53. The zero-order chi connectivity index (χ0) is 20.6. The van der Waals surface area contributed by atoms with Crippen molar-refractivity contribution in [2.75, 3.05) is 38.1 Å². The van der Waals surface area contributed by atoms with Crippen LogP contribution in [0.25, 0.3) is 11.4 Å². The summed E-state index contributed by atoms with van der Waals surface area (Å²) in [7, 11) is 4.01. The molecular formula is C21H22Cl2N6. The van der Waals surface area contributed by atoms with Gasteiger partial charge >= 0.3 is 0 Å². The molecule has 0 radical (unpaired) electrons. The molecule has 6 nitrogen and oxygen atoms in total. The van der Waals surface area contributed by atoms with Crippen molar-refractivity contribution in [3.63, 3.8) is 0 Å². The molecule has 29 heavy (non-hydrogen) atoms. The Morgan fingerprint density at radius 1 is 0.862 bits per heavy atom. The number of alkyl halides is 1. The van der Waals surface area contributed by atoms with Crippen molar-refractivity contribution in [2.45, 2.75) is 0 Å². The van der Waals surface area contributed by atoms with Gasteiger partial charge in [-0.2, -0.15) is 5.11 Å². The molecule has 0 N–H and O–H groups in total. The van der Waals surface area contributed by atoms with Gasteiger partial charge in [-0.3, -0.25) is 0 Å². The lowest BCUT2D eigenvalue weighted by Gasteiger charge is -2.24. The number of hydrogen-bond acceptors (Lipinski definition) is 6. The Hall–Kier alpha value is -2.54. The summed E-state index contributed by atoms with van der Waals surface area (Å²) < 4.78 is 0. The number of hydrogen-bond donors (Lipinski definition) is 0. The van der Waals surface area contributed by atoms with Gasteiger partial charge in [0.25, 0.3) is 0 Å². The van der Waals surface area contributed by atoms with E-state index in [1.165, 1.54) is 0 Å². The molecule has 0 aliphatic rings. The van der Waals surface area contributed by atoms with E-state index in [0.29, 0.717) is 29.6 Å². The van der Waals surface area contributed by atoms with Crippen molar-refractivity contribution >= 4 is 40.4 Å². The van der Waals surface area contributed by atoms with Crippen LogP contribution in [0.4, 0.5) is 17.2 Å². The van der Waals surface area contributed by atoms with Crippen LogP contribution in [0.5, 0.6) is 0 Å². The molecule has 3 rings (SSSR count). The first-order valence-electron chi connectivity index (χ1n) is 9.14. The van der Waals surface area contributed by atoms with Gasteiger partial charge in [-0.25, -0.2) is 9.97 Å². The van der Waals surface area contributed by atoms with E-state index < -0.39 is 0 Å². The predicted molar refractivity (Wildman–Crippen MR) is 120 cm³/mol. The quantitative estimate of drug-likeness (QED) is 0.197. The van der Waals surface area contributed by atoms with E-state index in [4.69, 9.17) is 28.2 Å². The molecule has 0 spiro atoms. The zero-order valence-electron chi connectivity index (χ0n) is 16.3. The SMILES string of the molecule is CN(C)CCN(CCl)c1nc(-c2ccccc2)nc(Cl)c1N=Nc1ccccc1. The van der Waals surface area contributed by atoms with Gasteiger partial charge in [0.05, 0.1) is 11.7 Å². The Labute approximate surface area is 180 Å². The van der Waals surface area contributed by atoms with Crippen LogP contribution in [0.2, 0.25) is 5.15 Å². The summed E-state index contributed by atoms with van der Waals surface area (Å²) in [5, 5.41) is 8.88. The Balaban J connectivity index is 2.06. The number of aromatic nitrogens is 2. The maximum absolute atomic E-state index is 6.53. The smallest absolute Gasteiger partial charge is 0.166 e. The monoisotopic (exact) mass is 428 g/mol. The van der Waals surface area contributed by atoms with Gasteiger partial charge in [0, 0.05) is 18.7 Å². The van der Waals surface area contributed by atoms with Crippen LogP contribution in [0, 0.1) is 0 Å². The summed E-state index contributed by atoms with van der Waals surface area (Å²) in [6.45, 7) is 1.45. The number of benzene rings is 2. The first-order valence-corrected chi connectivity index (χ1v) is 10.0. The molecule has 0 bridgehead atoms. The van der Waals surface area contributed by atoms with Gasteiger partial charge in [0.2, 0.25) is 0 Å². The fourth-order valence-corrected chi connectivity index (χ4v) is 3.02. The lowest BCUT2D eigenvalue weighted by Crippen LogP contribution is -2.31. The standard InChI is InChI=1S/C21H22Cl2N6/c1-28(2)13-14-29(15-22)21-18(27-26-17-11-7-4-8-12-17)19(23)24-20(25-21)16-9-5-3-6-10-16/h3-12H,13-15H2,1-2H3. The highest BCUT2D eigenvalue weighted by molar-refractivity contribution is 6.32. The number of azo groups is 1. The van der Waals surface area contributed by atoms with Crippen LogP contribution < -0.4 is 4.90 Å². The van der Waals surface area contributed by atoms with Crippen molar-refractivity contribution in [2.24, 2.45) is 10.2 Å². The highest BCUT2D eigenvalue weighted by Crippen LogP contribution is 2.36. The lowest BCUT2D eigenvalue weighted by atomic mass is 10.2. The van der Waals surface area contributed by atoms with E-state index in [2.05, 4.69) is 20.1 Å². The second kappa shape index (κ2) is 10.3. The molecule has 1 aromatic heterocycles. The van der Waals surface area contributed by atoms with E-state index in [1.54, 1.807) is 0 Å². The summed E-state index contributed by atoms with van der Waals surface area (Å²) in [4.78, 5) is 13.2. The lowest BCUT2D eigenvalue weighted by molar-refractivity contribution is 0.415. The minimum Gasteiger partial charge on any atom is -0.340 e. The first kappa shape index (κ1) is 21.2. The Bertz CT molecular complexity index is 948. The molecule has 1 heterocycles. The van der Waals surface area contributed by atoms with E-state index in [1.807, 2.05) is 79.7 Å². The summed E-state index contributed by atoms with van der Waals surface area (Å²) >= 11 is 12.8. The van der Waals surface area contributed by atoms with Crippen molar-refractivity contribution in [1.29, 1.82) is 0 Å². The third-order valence-corrected chi connectivity index (χ3v) is 4.69. The summed E-state index contributed by atoms with van der Waals surface area (Å²) in [6.07, 6.45) is 0. The number of rotatable bonds is 8. The van der Waals surface area contributed by atoms with Gasteiger partial charge in [0.15, 0.2) is 22.5 Å². The van der Waals surface area contributed by atoms with Crippen LogP contribution in [0.1, 0.15) is 0 Å². The van der Waals surface area contributed by atoms with Crippen LogP contribution in [-0.2, 0) is 0 Å². The average Bonchev–Trinajstić information content (AvgIpc) is 2.74. The topological polar surface area (TPSA) is 57.0 Å². The molecule has 0 atom stereocenters. The molecule has 0 fully saturated rings. The fraction of sp³-hybridized carbons (Fsp3) is 0.238. The van der Waals surface area contributed by atoms with Crippen LogP contribution >= 0.6 is 23.2 Å². The largest absolute Gasteiger partial charge is 0.340 e. The van der Waals surface area contributed by atoms with Crippen molar-refractivity contribution < 1.29 is 0 Å². The minimum absolute atomic E-state index is 0.230. The number of likely N-dealkylation sites (N-methyl/N-ethyl adjacent to an activating group) is 1. The average molecular weight is 429 g/mol. The number of anilines is 1. The molecule has 0 saturated carbocycles. The molecule has 150 valence electrons. The molecule has 0 aliphatic carbocycles. The maximum Gasteiger partial charge on any atom is 0.166 e. The van der Waals surface area contributed by atoms with Crippen LogP contribution in [0.3, 0.4) is 0 Å². The van der Waals surface area contributed by atoms with Crippen LogP contribution in [-0.4, -0.2) is 48.1 Å². The number of nitrogens with zero attached hydrogens (tertiary/aromatic N) is 6. The molecule has 3 aromatic rings. The second-order valence-electron chi connectivity index (χ2n) is 6.60. The third kappa shape index (κ3) is 5.73. The van der Waals surface area contributed by atoms with Gasteiger partial charge < -0.3 is 9.80 Å². The highest BCUT2D eigenvalue weighted by Gasteiger charge is 2.19. The molecular weight excluding hydrogens is 407 g/mol. The Kier molecular flexibility index (Phi) is 7.52. The minimum atomic E-state index is 0.230. The van der Waals surface area contributed by atoms with Gasteiger partial charge in [-0.05, 0) is 26.2 Å².